The summed E-state index contributed by atoms with van der Waals surface area (Å²) in [6.07, 6.45) is 0.261. The van der Waals surface area contributed by atoms with Gasteiger partial charge in [0, 0.05) is 19.3 Å². The zero-order valence-corrected chi connectivity index (χ0v) is 19.8. The summed E-state index contributed by atoms with van der Waals surface area (Å²) in [5.41, 5.74) is 3.04. The maximum Gasteiger partial charge on any atom is 0.237 e. The topological polar surface area (TPSA) is 84.0 Å². The highest BCUT2D eigenvalue weighted by Gasteiger charge is 2.19. The van der Waals surface area contributed by atoms with Crippen molar-refractivity contribution in [1.82, 2.24) is 14.8 Å². The highest BCUT2D eigenvalue weighted by Crippen LogP contribution is 2.25. The van der Waals surface area contributed by atoms with Crippen molar-refractivity contribution in [2.45, 2.75) is 32.0 Å². The van der Waals surface area contributed by atoms with Crippen LogP contribution in [0.15, 0.2) is 47.6 Å². The van der Waals surface area contributed by atoms with Gasteiger partial charge in [-0.2, -0.15) is 5.26 Å². The molecule has 3 rings (SSSR count). The molecule has 0 atom stereocenters. The SMILES string of the molecule is Cc1ccc(N(CCC#N)C(=O)CSc2nnc(COc3ccccc3Cl)n2C)cc1C. The first-order valence-corrected chi connectivity index (χ1v) is 11.4. The number of thioether (sulfide) groups is 1. The molecule has 0 aliphatic rings. The summed E-state index contributed by atoms with van der Waals surface area (Å²) < 4.78 is 7.53. The molecule has 0 spiro atoms. The molecular weight excluding hydrogens is 446 g/mol. The molecule has 1 amide bonds. The fourth-order valence-electron chi connectivity index (χ4n) is 2.96. The molecule has 166 valence electrons. The van der Waals surface area contributed by atoms with Crippen LogP contribution in [0.4, 0.5) is 5.69 Å². The molecule has 9 heteroatoms. The van der Waals surface area contributed by atoms with E-state index in [1.807, 2.05) is 51.2 Å². The van der Waals surface area contributed by atoms with E-state index in [1.165, 1.54) is 11.8 Å². The lowest BCUT2D eigenvalue weighted by molar-refractivity contribution is -0.116. The van der Waals surface area contributed by atoms with Gasteiger partial charge >= 0.3 is 0 Å². The van der Waals surface area contributed by atoms with E-state index < -0.39 is 0 Å². The van der Waals surface area contributed by atoms with Crippen molar-refractivity contribution in [2.24, 2.45) is 7.05 Å². The molecule has 0 radical (unpaired) electrons. The molecule has 0 aliphatic heterocycles. The number of carbonyl (C=O) groups is 1. The average Bonchev–Trinajstić information content (AvgIpc) is 3.13. The van der Waals surface area contributed by atoms with Crippen LogP contribution in [-0.2, 0) is 18.4 Å². The molecule has 7 nitrogen and oxygen atoms in total. The summed E-state index contributed by atoms with van der Waals surface area (Å²) in [5.74, 6) is 1.28. The van der Waals surface area contributed by atoms with Crippen LogP contribution in [0.1, 0.15) is 23.4 Å². The van der Waals surface area contributed by atoms with Gasteiger partial charge in [0.25, 0.3) is 0 Å². The highest BCUT2D eigenvalue weighted by molar-refractivity contribution is 7.99. The van der Waals surface area contributed by atoms with E-state index in [4.69, 9.17) is 21.6 Å². The molecule has 1 heterocycles. The smallest absolute Gasteiger partial charge is 0.237 e. The first-order chi connectivity index (χ1) is 15.4. The van der Waals surface area contributed by atoms with Gasteiger partial charge in [-0.05, 0) is 49.2 Å². The lowest BCUT2D eigenvalue weighted by atomic mass is 10.1. The monoisotopic (exact) mass is 469 g/mol. The minimum absolute atomic E-state index is 0.0922. The number of halogens is 1. The van der Waals surface area contributed by atoms with Crippen molar-refractivity contribution < 1.29 is 9.53 Å². The van der Waals surface area contributed by atoms with Crippen molar-refractivity contribution in [3.63, 3.8) is 0 Å². The lowest BCUT2D eigenvalue weighted by Gasteiger charge is -2.22. The molecule has 0 unspecified atom stereocenters. The summed E-state index contributed by atoms with van der Waals surface area (Å²) in [6, 6.07) is 15.2. The van der Waals surface area contributed by atoms with Crippen LogP contribution in [0.2, 0.25) is 5.02 Å². The zero-order chi connectivity index (χ0) is 23.1. The third-order valence-electron chi connectivity index (χ3n) is 4.99. The number of carbonyl (C=O) groups excluding carboxylic acids is 1. The normalized spacial score (nSPS) is 10.6. The summed E-state index contributed by atoms with van der Waals surface area (Å²) in [5, 5.41) is 18.5. The largest absolute Gasteiger partial charge is 0.484 e. The second-order valence-corrected chi connectivity index (χ2v) is 8.54. The first kappa shape index (κ1) is 23.6. The number of hydrogen-bond donors (Lipinski definition) is 0. The second kappa shape index (κ2) is 11.0. The average molecular weight is 470 g/mol. The molecule has 32 heavy (non-hydrogen) atoms. The Morgan fingerprint density at radius 1 is 1.22 bits per heavy atom. The van der Waals surface area contributed by atoms with Gasteiger partial charge in [0.15, 0.2) is 11.0 Å². The van der Waals surface area contributed by atoms with Crippen molar-refractivity contribution >= 4 is 35.0 Å². The molecule has 0 saturated carbocycles. The number of nitrogens with zero attached hydrogens (tertiary/aromatic N) is 5. The minimum Gasteiger partial charge on any atom is -0.484 e. The van der Waals surface area contributed by atoms with Crippen molar-refractivity contribution in [3.8, 4) is 11.8 Å². The number of aryl methyl sites for hydroxylation is 2. The summed E-state index contributed by atoms with van der Waals surface area (Å²) >= 11 is 7.42. The van der Waals surface area contributed by atoms with Crippen LogP contribution in [-0.4, -0.2) is 33.0 Å². The van der Waals surface area contributed by atoms with Crippen LogP contribution in [0.3, 0.4) is 0 Å². The van der Waals surface area contributed by atoms with E-state index in [1.54, 1.807) is 21.6 Å². The van der Waals surface area contributed by atoms with Gasteiger partial charge in [-0.15, -0.1) is 10.2 Å². The van der Waals surface area contributed by atoms with E-state index in [9.17, 15) is 4.79 Å². The van der Waals surface area contributed by atoms with Crippen molar-refractivity contribution in [1.29, 1.82) is 5.26 Å². The number of para-hydroxylation sites is 1. The highest BCUT2D eigenvalue weighted by atomic mass is 35.5. The number of rotatable bonds is 9. The molecule has 3 aromatic rings. The molecule has 0 saturated heterocycles. The number of aromatic nitrogens is 3. The van der Waals surface area contributed by atoms with Crippen molar-refractivity contribution in [3.05, 3.63) is 64.4 Å². The quantitative estimate of drug-likeness (QED) is 0.422. The van der Waals surface area contributed by atoms with Crippen LogP contribution in [0.5, 0.6) is 5.75 Å². The summed E-state index contributed by atoms with van der Waals surface area (Å²) in [6.45, 7) is 4.58. The van der Waals surface area contributed by atoms with Crippen LogP contribution < -0.4 is 9.64 Å². The summed E-state index contributed by atoms with van der Waals surface area (Å²) in [4.78, 5) is 14.6. The molecule has 1 aromatic heterocycles. The van der Waals surface area contributed by atoms with Gasteiger partial charge in [0.2, 0.25) is 5.91 Å². The van der Waals surface area contributed by atoms with Crippen LogP contribution >= 0.6 is 23.4 Å². The van der Waals surface area contributed by atoms with Gasteiger partial charge in [-0.3, -0.25) is 4.79 Å². The van der Waals surface area contributed by atoms with E-state index in [2.05, 4.69) is 16.3 Å². The number of ether oxygens (including phenoxy) is 1. The van der Waals surface area contributed by atoms with E-state index >= 15 is 0 Å². The van der Waals surface area contributed by atoms with Gasteiger partial charge in [0.05, 0.1) is 23.3 Å². The maximum absolute atomic E-state index is 13.0. The minimum atomic E-state index is -0.0922. The molecule has 0 aliphatic carbocycles. The fraction of sp³-hybridized carbons (Fsp3) is 0.304. The molecule has 0 N–H and O–H groups in total. The Labute approximate surface area is 197 Å². The lowest BCUT2D eigenvalue weighted by Crippen LogP contribution is -2.33. The summed E-state index contributed by atoms with van der Waals surface area (Å²) in [7, 11) is 1.83. The van der Waals surface area contributed by atoms with Gasteiger partial charge in [-0.1, -0.05) is 41.6 Å². The Morgan fingerprint density at radius 3 is 2.72 bits per heavy atom. The van der Waals surface area contributed by atoms with Crippen LogP contribution in [0.25, 0.3) is 0 Å². The first-order valence-electron chi connectivity index (χ1n) is 10.0. The Morgan fingerprint density at radius 2 is 2.00 bits per heavy atom. The molecular formula is C23H24ClN5O2S. The number of nitriles is 1. The Bertz CT molecular complexity index is 1140. The Balaban J connectivity index is 1.65. The fourth-order valence-corrected chi connectivity index (χ4v) is 3.95. The van der Waals surface area contributed by atoms with Crippen LogP contribution in [0, 0.1) is 25.2 Å². The number of benzene rings is 2. The second-order valence-electron chi connectivity index (χ2n) is 7.19. The predicted molar refractivity (Wildman–Crippen MR) is 126 cm³/mol. The van der Waals surface area contributed by atoms with E-state index in [-0.39, 0.29) is 24.7 Å². The Hall–Kier alpha value is -3.02. The van der Waals surface area contributed by atoms with Gasteiger partial charge in [-0.25, -0.2) is 0 Å². The number of amides is 1. The third kappa shape index (κ3) is 5.81. The standard InChI is InChI=1S/C23H24ClN5O2S/c1-16-9-10-18(13-17(16)2)29(12-6-11-25)22(30)15-32-23-27-26-21(28(23)3)14-31-20-8-5-4-7-19(20)24/h4-5,7-10,13H,6,12,14-15H2,1-3H3. The maximum atomic E-state index is 13.0. The van der Waals surface area contributed by atoms with Crippen molar-refractivity contribution in [2.75, 3.05) is 17.2 Å². The zero-order valence-electron chi connectivity index (χ0n) is 18.2. The third-order valence-corrected chi connectivity index (χ3v) is 6.31. The molecule has 2 aromatic carbocycles. The number of anilines is 1. The molecule has 0 fully saturated rings. The Kier molecular flexibility index (Phi) is 8.14. The van der Waals surface area contributed by atoms with Gasteiger partial charge in [0.1, 0.15) is 12.4 Å². The number of hydrogen-bond acceptors (Lipinski definition) is 6. The van der Waals surface area contributed by atoms with E-state index in [0.29, 0.717) is 28.3 Å². The molecule has 0 bridgehead atoms. The van der Waals surface area contributed by atoms with E-state index in [0.717, 1.165) is 16.8 Å². The predicted octanol–water partition coefficient (Wildman–Crippen LogP) is 4.70. The van der Waals surface area contributed by atoms with Gasteiger partial charge < -0.3 is 14.2 Å².